The summed E-state index contributed by atoms with van der Waals surface area (Å²) in [4.78, 5) is 121. The van der Waals surface area contributed by atoms with Gasteiger partial charge in [-0.15, -0.1) is 0 Å². The van der Waals surface area contributed by atoms with Gasteiger partial charge in [0, 0.05) is 125 Å². The quantitative estimate of drug-likeness (QED) is 0.0456. The molecule has 0 saturated carbocycles. The number of hydrogen-bond donors (Lipinski definition) is 0. The zero-order chi connectivity index (χ0) is 97.9. The number of hydrogen-bond acceptors (Lipinski definition) is 21. The van der Waals surface area contributed by atoms with Crippen molar-refractivity contribution in [3.8, 4) is 51.7 Å². The first kappa shape index (κ1) is 94.8. The van der Waals surface area contributed by atoms with Crippen molar-refractivity contribution in [1.82, 2.24) is 29.4 Å². The molecule has 0 bridgehead atoms. The molecule has 12 aliphatic heterocycles. The van der Waals surface area contributed by atoms with Crippen molar-refractivity contribution < 1.29 is 71.4 Å². The summed E-state index contributed by atoms with van der Waals surface area (Å²) in [5.41, 5.74) is 22.2. The lowest BCUT2D eigenvalue weighted by molar-refractivity contribution is 0.0696. The number of fused-ring (bicyclic) bond motifs is 15. The van der Waals surface area contributed by atoms with Crippen LogP contribution in [-0.4, -0.2) is 219 Å². The van der Waals surface area contributed by atoms with Crippen LogP contribution < -0.4 is 42.6 Å². The fourth-order valence-corrected chi connectivity index (χ4v) is 21.3. The standard InChI is InChI=1S/C42H42N4O5.C37H40N4O5.C36H38N4O5/c1-25-6-9-28(10-7-25)31-17-33-22-43-36-19-38(27(3)15-34(36)41(47)46(33)24-31)50-12-5-13-51-40-20-37-35(18-39(40)49-4)42(48)45-23-30-14-26(2)8-11-29(30)16-32(45)21-44-37;1-23-9-10-25-16-28-21-39-32-19-35(34(44-3)17-30(32)37(43)41(28)22-26(25)14-23)46-13-6-4-5-12-45-33-18-31-29(15-24(33)2)36(42)40-11-7-8-27(40)20-38-31;1-23-15-28-30(37-20-26-11-8-12-39(26)35(28)41)18-32(23)44-13-6-3-7-14-45-34-19-31-29(17-33(34)43-2)36(42)40-22-25-10-5-4-9-24(25)16-27(40)21-38-31/h6-11,14-15,18-22,31-33H,5,12-13,16-17,23-24H2,1-4H3;9-10,14-15,17-21,27-28H,4-8,11-13,16,22H2,1-3H3;4-5,9-10,15,17-21,26-27H,3,6-8,11-14,16,22H2,1-2H3/t31?,32-,33-;27-,28-;26-,27-/m000/s1. The zero-order valence-electron chi connectivity index (χ0n) is 82.1. The number of benzene rings is 10. The number of aliphatic imine (C=N–C) groups is 6. The minimum Gasteiger partial charge on any atom is -0.493 e. The third kappa shape index (κ3) is 19.8. The normalized spacial score (nSPS) is 19.7. The van der Waals surface area contributed by atoms with Crippen molar-refractivity contribution in [2.24, 2.45) is 30.0 Å². The summed E-state index contributed by atoms with van der Waals surface area (Å²) in [7, 11) is 4.76. The van der Waals surface area contributed by atoms with Crippen LogP contribution in [0.5, 0.6) is 51.7 Å². The highest BCUT2D eigenvalue weighted by atomic mass is 16.5. The Bertz CT molecular complexity index is 6800. The number of amides is 6. The van der Waals surface area contributed by atoms with E-state index >= 15 is 0 Å². The SMILES string of the molecule is COc1cc2c(cc1OCCCCCOc1cc3c(cc1C)C(=O)N1CCC[C@H]1C=N3)N=C[C@@H]1Cc3ccc(C)cc3CN1C2=O.COc1cc2c(cc1OCCCCCOc1cc3c(cc1C)C(=O)N1CCC[C@H]1C=N3)N=C[C@@H]1Cc3ccccc3CN1C2=O.COc1cc2c(cc1OCCCOc1cc3c(cc1C)C(=O)N1CC(c4ccc(C)cc4)C[C@H]1C=N3)N=C[C@@H]1Cc3ccc(C)cc3CN1C2=O. The largest absolute Gasteiger partial charge is 0.493 e. The average Bonchev–Trinajstić information content (AvgIpc) is 1.53. The Morgan fingerprint density at radius 1 is 0.282 bits per heavy atom. The fourth-order valence-electron chi connectivity index (χ4n) is 21.3. The summed E-state index contributed by atoms with van der Waals surface area (Å²) in [5.74, 6) is 5.73. The molecule has 12 aliphatic rings. The van der Waals surface area contributed by atoms with Gasteiger partial charge in [-0.2, -0.15) is 0 Å². The molecular formula is C115H120N12O15. The minimum atomic E-state index is -0.110. The Labute approximate surface area is 828 Å². The lowest BCUT2D eigenvalue weighted by atomic mass is 9.93. The van der Waals surface area contributed by atoms with E-state index in [2.05, 4.69) is 104 Å². The van der Waals surface area contributed by atoms with E-state index in [-0.39, 0.29) is 71.7 Å². The topological polar surface area (TPSA) is 279 Å². The Morgan fingerprint density at radius 3 is 0.979 bits per heavy atom. The van der Waals surface area contributed by atoms with Crippen molar-refractivity contribution in [2.75, 3.05) is 80.6 Å². The highest BCUT2D eigenvalue weighted by Gasteiger charge is 2.42. The van der Waals surface area contributed by atoms with Crippen LogP contribution in [0.4, 0.5) is 34.1 Å². The van der Waals surface area contributed by atoms with Crippen LogP contribution >= 0.6 is 0 Å². The molecule has 0 N–H and O–H groups in total. The summed E-state index contributed by atoms with van der Waals surface area (Å²) in [6.07, 6.45) is 24.3. The molecule has 3 saturated heterocycles. The van der Waals surface area contributed by atoms with Gasteiger partial charge in [0.2, 0.25) is 0 Å². The van der Waals surface area contributed by atoms with E-state index in [4.69, 9.17) is 62.6 Å². The molecular weight excluding hydrogens is 1790 g/mol. The van der Waals surface area contributed by atoms with Gasteiger partial charge >= 0.3 is 0 Å². The van der Waals surface area contributed by atoms with Crippen molar-refractivity contribution in [1.29, 1.82) is 0 Å². The molecule has 3 fully saturated rings. The number of ether oxygens (including phenoxy) is 9. The van der Waals surface area contributed by atoms with Crippen LogP contribution in [0.1, 0.15) is 217 Å². The molecule has 27 heteroatoms. The van der Waals surface area contributed by atoms with Crippen LogP contribution in [0.3, 0.4) is 0 Å². The molecule has 10 aromatic carbocycles. The van der Waals surface area contributed by atoms with Crippen LogP contribution in [0.2, 0.25) is 0 Å². The van der Waals surface area contributed by atoms with Gasteiger partial charge in [0.25, 0.3) is 35.4 Å². The predicted octanol–water partition coefficient (Wildman–Crippen LogP) is 20.2. The molecule has 0 aromatic heterocycles. The Kier molecular flexibility index (Phi) is 27.8. The number of carbonyl (C=O) groups is 6. The summed E-state index contributed by atoms with van der Waals surface area (Å²) in [6.45, 7) is 19.0. The fraction of sp³-hybridized carbons (Fsp3) is 0.374. The molecule has 10 aromatic rings. The molecule has 1 unspecified atom stereocenters. The van der Waals surface area contributed by atoms with E-state index in [1.54, 1.807) is 45.6 Å². The highest BCUT2D eigenvalue weighted by molar-refractivity contribution is 6.08. The number of rotatable bonds is 26. The third-order valence-electron chi connectivity index (χ3n) is 29.2. The van der Waals surface area contributed by atoms with Gasteiger partial charge < -0.3 is 72.0 Å². The molecule has 12 heterocycles. The monoisotopic (exact) mass is 1910 g/mol. The van der Waals surface area contributed by atoms with Gasteiger partial charge in [-0.25, -0.2) is 0 Å². The number of unbranched alkanes of at least 4 members (excludes halogenated alkanes) is 4. The molecule has 0 radical (unpaired) electrons. The lowest BCUT2D eigenvalue weighted by Crippen LogP contribution is -2.44. The molecule has 0 aliphatic carbocycles. The van der Waals surface area contributed by atoms with Crippen LogP contribution in [-0.2, 0) is 38.9 Å². The first-order valence-corrected chi connectivity index (χ1v) is 49.9. The molecule has 22 rings (SSSR count). The summed E-state index contributed by atoms with van der Waals surface area (Å²) in [6, 6.07) is 51.7. The number of carbonyl (C=O) groups excluding carboxylic acids is 6. The van der Waals surface area contributed by atoms with Crippen LogP contribution in [0, 0.1) is 41.5 Å². The zero-order valence-corrected chi connectivity index (χ0v) is 82.1. The predicted molar refractivity (Wildman–Crippen MR) is 549 cm³/mol. The second-order valence-electron chi connectivity index (χ2n) is 38.9. The van der Waals surface area contributed by atoms with E-state index in [1.807, 2.05) is 148 Å². The van der Waals surface area contributed by atoms with Crippen molar-refractivity contribution in [3.05, 3.63) is 263 Å². The van der Waals surface area contributed by atoms with Gasteiger partial charge in [0.05, 0.1) is 165 Å². The third-order valence-corrected chi connectivity index (χ3v) is 29.2. The van der Waals surface area contributed by atoms with Gasteiger partial charge in [-0.05, 0) is 223 Å². The maximum Gasteiger partial charge on any atom is 0.257 e. The Hall–Kier alpha value is -14.8. The Balaban J connectivity index is 0.000000131. The minimum absolute atomic E-state index is 0.0158. The molecule has 6 amide bonds. The summed E-state index contributed by atoms with van der Waals surface area (Å²) >= 11 is 0. The molecule has 730 valence electrons. The van der Waals surface area contributed by atoms with Crippen molar-refractivity contribution in [2.45, 2.75) is 200 Å². The van der Waals surface area contributed by atoms with Crippen molar-refractivity contribution >= 4 is 107 Å². The summed E-state index contributed by atoms with van der Waals surface area (Å²) in [5, 5.41) is 0. The van der Waals surface area contributed by atoms with Crippen molar-refractivity contribution in [3.63, 3.8) is 0 Å². The lowest BCUT2D eigenvalue weighted by Gasteiger charge is -2.34. The van der Waals surface area contributed by atoms with E-state index in [0.717, 1.165) is 131 Å². The van der Waals surface area contributed by atoms with Gasteiger partial charge in [0.15, 0.2) is 34.5 Å². The number of nitrogens with zero attached hydrogens (tertiary/aromatic N) is 12. The number of methoxy groups -OCH3 is 3. The maximum absolute atomic E-state index is 13.8. The molecule has 142 heavy (non-hydrogen) atoms. The van der Waals surface area contributed by atoms with E-state index in [0.29, 0.717) is 186 Å². The molecule has 0 spiro atoms. The number of aryl methyl sites for hydroxylation is 6. The second-order valence-corrected chi connectivity index (χ2v) is 38.9. The smallest absolute Gasteiger partial charge is 0.257 e. The maximum atomic E-state index is 13.8. The van der Waals surface area contributed by atoms with Gasteiger partial charge in [0.1, 0.15) is 17.2 Å². The average molecular weight is 1910 g/mol. The van der Waals surface area contributed by atoms with Crippen LogP contribution in [0.25, 0.3) is 0 Å². The van der Waals surface area contributed by atoms with E-state index < -0.39 is 0 Å². The summed E-state index contributed by atoms with van der Waals surface area (Å²) < 4.78 is 53.7. The van der Waals surface area contributed by atoms with E-state index in [9.17, 15) is 28.8 Å². The van der Waals surface area contributed by atoms with E-state index in [1.165, 1.54) is 55.6 Å². The first-order valence-electron chi connectivity index (χ1n) is 49.9. The van der Waals surface area contributed by atoms with Gasteiger partial charge in [-0.1, -0.05) is 102 Å². The molecule has 27 nitrogen and oxygen atoms in total. The second kappa shape index (κ2) is 41.6. The van der Waals surface area contributed by atoms with Crippen LogP contribution in [0.15, 0.2) is 188 Å². The molecule has 7 atom stereocenters. The highest BCUT2D eigenvalue weighted by Crippen LogP contribution is 2.46. The Morgan fingerprint density at radius 2 is 0.592 bits per heavy atom. The first-order chi connectivity index (χ1) is 69.1. The van der Waals surface area contributed by atoms with Gasteiger partial charge in [-0.3, -0.25) is 58.7 Å².